The smallest absolute Gasteiger partial charge is 0.217 e. The molecular formula is C27H35BrN2O3S. The number of Topliss-reactive ketones (excluding diaryl/α,β-unsaturated/α-hetero) is 1. The Morgan fingerprint density at radius 3 is 2.26 bits per heavy atom. The maximum atomic E-state index is 11.5. The quantitative estimate of drug-likeness (QED) is 0.363. The van der Waals surface area contributed by atoms with E-state index in [0.29, 0.717) is 6.54 Å². The van der Waals surface area contributed by atoms with Crippen molar-refractivity contribution < 1.29 is 14.3 Å². The molecule has 5 nitrogen and oxygen atoms in total. The number of anilines is 1. The summed E-state index contributed by atoms with van der Waals surface area (Å²) in [5.41, 5.74) is 9.13. The Morgan fingerprint density at radius 2 is 1.76 bits per heavy atom. The van der Waals surface area contributed by atoms with Crippen molar-refractivity contribution in [2.45, 2.75) is 51.9 Å². The first kappa shape index (κ1) is 29.4. The number of thiophene rings is 1. The molecule has 1 heterocycles. The summed E-state index contributed by atoms with van der Waals surface area (Å²) in [5.74, 6) is 1.00. The van der Waals surface area contributed by atoms with E-state index < -0.39 is 0 Å². The molecule has 1 aromatic heterocycles. The maximum absolute atomic E-state index is 11.5. The molecule has 4 rings (SSSR count). The van der Waals surface area contributed by atoms with Crippen molar-refractivity contribution in [1.82, 2.24) is 5.32 Å². The van der Waals surface area contributed by atoms with Crippen LogP contribution < -0.4 is 15.8 Å². The standard InChI is InChI=1S/C10H13NO2.C8H8BrNOS.C7H8.C2H6/c1-8(12)11-7-9-3-5-10(13-2)6-4-9;9-5-2-1-4-3-6(10)12-8(4)7(5)11;1-7-5-3-2-4-6-7;1-2/h3-6H,7H2,1-2H3,(H,11,12);3,5H,1-2,10H2;2-6H,1H3;1-2H3. The number of methoxy groups -OCH3 is 1. The molecule has 3 aromatic rings. The van der Waals surface area contributed by atoms with Gasteiger partial charge in [0.2, 0.25) is 5.91 Å². The first-order chi connectivity index (χ1) is 16.3. The van der Waals surface area contributed by atoms with Crippen molar-refractivity contribution >= 4 is 44.0 Å². The minimum Gasteiger partial charge on any atom is -0.497 e. The average molecular weight is 548 g/mol. The molecule has 1 aliphatic rings. The van der Waals surface area contributed by atoms with Crippen molar-refractivity contribution in [2.24, 2.45) is 0 Å². The molecule has 0 bridgehead atoms. The molecule has 3 N–H and O–H groups in total. The summed E-state index contributed by atoms with van der Waals surface area (Å²) < 4.78 is 5.01. The van der Waals surface area contributed by atoms with Gasteiger partial charge in [0.1, 0.15) is 5.75 Å². The van der Waals surface area contributed by atoms with Crippen molar-refractivity contribution in [3.63, 3.8) is 0 Å². The molecule has 2 aromatic carbocycles. The number of amides is 1. The van der Waals surface area contributed by atoms with Gasteiger partial charge >= 0.3 is 0 Å². The van der Waals surface area contributed by atoms with Crippen LogP contribution in [-0.2, 0) is 17.8 Å². The van der Waals surface area contributed by atoms with Gasteiger partial charge in [-0.3, -0.25) is 9.59 Å². The lowest BCUT2D eigenvalue weighted by Gasteiger charge is -2.14. The summed E-state index contributed by atoms with van der Waals surface area (Å²) in [6.07, 6.45) is 1.85. The van der Waals surface area contributed by atoms with Gasteiger partial charge in [-0.15, -0.1) is 11.3 Å². The van der Waals surface area contributed by atoms with E-state index in [4.69, 9.17) is 10.5 Å². The van der Waals surface area contributed by atoms with Gasteiger partial charge in [-0.1, -0.05) is 77.8 Å². The number of aryl methyl sites for hydroxylation is 2. The van der Waals surface area contributed by atoms with Crippen molar-refractivity contribution in [2.75, 3.05) is 12.8 Å². The van der Waals surface area contributed by atoms with Crippen LogP contribution in [0.2, 0.25) is 0 Å². The van der Waals surface area contributed by atoms with E-state index in [1.807, 2.05) is 62.4 Å². The largest absolute Gasteiger partial charge is 0.497 e. The van der Waals surface area contributed by atoms with E-state index >= 15 is 0 Å². The number of hydrogen-bond donors (Lipinski definition) is 2. The highest BCUT2D eigenvalue weighted by molar-refractivity contribution is 9.10. The zero-order valence-corrected chi connectivity index (χ0v) is 23.0. The van der Waals surface area contributed by atoms with Crippen LogP contribution >= 0.6 is 27.3 Å². The topological polar surface area (TPSA) is 81.4 Å². The molecule has 0 fully saturated rings. The number of ketones is 1. The molecular weight excluding hydrogens is 512 g/mol. The Labute approximate surface area is 215 Å². The van der Waals surface area contributed by atoms with Crippen LogP contribution in [0.1, 0.15) is 53.6 Å². The van der Waals surface area contributed by atoms with Gasteiger partial charge in [-0.05, 0) is 49.1 Å². The molecule has 0 spiro atoms. The van der Waals surface area contributed by atoms with E-state index in [-0.39, 0.29) is 16.5 Å². The highest BCUT2D eigenvalue weighted by Gasteiger charge is 2.27. The number of ether oxygens (including phenoxy) is 1. The summed E-state index contributed by atoms with van der Waals surface area (Å²) in [4.78, 5) is 23.0. The minimum atomic E-state index is -0.0178. The fraction of sp³-hybridized carbons (Fsp3) is 0.333. The van der Waals surface area contributed by atoms with Crippen LogP contribution in [0.4, 0.5) is 5.00 Å². The number of halogens is 1. The monoisotopic (exact) mass is 546 g/mol. The molecule has 34 heavy (non-hydrogen) atoms. The number of alkyl halides is 1. The highest BCUT2D eigenvalue weighted by Crippen LogP contribution is 2.33. The summed E-state index contributed by atoms with van der Waals surface area (Å²) in [6.45, 7) is 8.16. The Hall–Kier alpha value is -2.64. The second-order valence-corrected chi connectivity index (χ2v) is 9.48. The second kappa shape index (κ2) is 16.1. The Kier molecular flexibility index (Phi) is 13.9. The van der Waals surface area contributed by atoms with Gasteiger partial charge in [0.25, 0.3) is 0 Å². The zero-order valence-electron chi connectivity index (χ0n) is 20.6. The predicted octanol–water partition coefficient (Wildman–Crippen LogP) is 6.58. The maximum Gasteiger partial charge on any atom is 0.217 e. The summed E-state index contributed by atoms with van der Waals surface area (Å²) >= 11 is 4.75. The predicted molar refractivity (Wildman–Crippen MR) is 147 cm³/mol. The number of nitrogen functional groups attached to an aromatic ring is 1. The van der Waals surface area contributed by atoms with Gasteiger partial charge in [0.05, 0.1) is 21.8 Å². The third kappa shape index (κ3) is 10.5. The Morgan fingerprint density at radius 1 is 1.15 bits per heavy atom. The van der Waals surface area contributed by atoms with E-state index in [0.717, 1.165) is 39.6 Å². The number of rotatable bonds is 3. The van der Waals surface area contributed by atoms with Gasteiger partial charge in [-0.2, -0.15) is 0 Å². The van der Waals surface area contributed by atoms with Crippen LogP contribution in [0.15, 0.2) is 60.7 Å². The number of hydrogen-bond acceptors (Lipinski definition) is 5. The summed E-state index contributed by atoms with van der Waals surface area (Å²) in [6, 6.07) is 19.8. The van der Waals surface area contributed by atoms with Gasteiger partial charge in [0.15, 0.2) is 5.78 Å². The molecule has 7 heteroatoms. The number of carbonyl (C=O) groups is 2. The van der Waals surface area contributed by atoms with Crippen LogP contribution in [0.3, 0.4) is 0 Å². The zero-order chi connectivity index (χ0) is 25.5. The van der Waals surface area contributed by atoms with Crippen LogP contribution in [-0.4, -0.2) is 23.6 Å². The molecule has 1 amide bonds. The number of nitrogens with two attached hydrogens (primary N) is 1. The van der Waals surface area contributed by atoms with Crippen LogP contribution in [0, 0.1) is 6.92 Å². The molecule has 1 atom stereocenters. The molecule has 184 valence electrons. The molecule has 0 saturated heterocycles. The summed E-state index contributed by atoms with van der Waals surface area (Å²) in [7, 11) is 1.63. The Balaban J connectivity index is 0.000000255. The van der Waals surface area contributed by atoms with Crippen LogP contribution in [0.25, 0.3) is 0 Å². The number of fused-ring (bicyclic) bond motifs is 1. The lowest BCUT2D eigenvalue weighted by atomic mass is 9.98. The molecule has 1 aliphatic carbocycles. The third-order valence-electron chi connectivity index (χ3n) is 4.64. The SMILES string of the molecule is CC.COc1ccc(CNC(C)=O)cc1.Cc1ccccc1.Nc1cc2c(s1)C(=O)C(Br)CC2. The van der Waals surface area contributed by atoms with Crippen LogP contribution in [0.5, 0.6) is 5.75 Å². The van der Waals surface area contributed by atoms with E-state index in [1.54, 1.807) is 7.11 Å². The lowest BCUT2D eigenvalue weighted by molar-refractivity contribution is -0.119. The number of benzene rings is 2. The van der Waals surface area contributed by atoms with E-state index in [9.17, 15) is 9.59 Å². The van der Waals surface area contributed by atoms with Crippen molar-refractivity contribution in [3.8, 4) is 5.75 Å². The molecule has 1 unspecified atom stereocenters. The van der Waals surface area contributed by atoms with Gasteiger partial charge in [0, 0.05) is 13.5 Å². The molecule has 0 radical (unpaired) electrons. The van der Waals surface area contributed by atoms with Crippen molar-refractivity contribution in [3.05, 3.63) is 82.2 Å². The first-order valence-corrected chi connectivity index (χ1v) is 13.0. The first-order valence-electron chi connectivity index (χ1n) is 11.3. The highest BCUT2D eigenvalue weighted by atomic mass is 79.9. The average Bonchev–Trinajstić information content (AvgIpc) is 3.24. The fourth-order valence-electron chi connectivity index (χ4n) is 2.90. The van der Waals surface area contributed by atoms with Gasteiger partial charge in [-0.25, -0.2) is 0 Å². The van der Waals surface area contributed by atoms with E-state index in [2.05, 4.69) is 40.3 Å². The molecule has 0 saturated carbocycles. The lowest BCUT2D eigenvalue weighted by Crippen LogP contribution is -2.20. The molecule has 0 aliphatic heterocycles. The fourth-order valence-corrected chi connectivity index (χ4v) is 4.49. The Bertz CT molecular complexity index is 1000. The van der Waals surface area contributed by atoms with Crippen molar-refractivity contribution in [1.29, 1.82) is 0 Å². The summed E-state index contributed by atoms with van der Waals surface area (Å²) in [5, 5.41) is 3.46. The number of carbonyl (C=O) groups excluding carboxylic acids is 2. The number of nitrogens with one attached hydrogen (secondary N) is 1. The second-order valence-electron chi connectivity index (χ2n) is 7.29. The minimum absolute atomic E-state index is 0.00282. The normalized spacial score (nSPS) is 13.5. The third-order valence-corrected chi connectivity index (χ3v) is 6.54. The van der Waals surface area contributed by atoms with E-state index in [1.165, 1.54) is 23.8 Å². The van der Waals surface area contributed by atoms with Gasteiger partial charge < -0.3 is 15.8 Å².